The number of halogens is 1. The first-order valence-electron chi connectivity index (χ1n) is 6.76. The molecular formula is C15H20ClN3O2S. The summed E-state index contributed by atoms with van der Waals surface area (Å²) in [6.45, 7) is 1.50. The zero-order chi connectivity index (χ0) is 14.9. The van der Waals surface area contributed by atoms with Crippen molar-refractivity contribution in [2.45, 2.75) is 6.42 Å². The summed E-state index contributed by atoms with van der Waals surface area (Å²) in [7, 11) is 1.63. The number of nitrogens with zero attached hydrogens (tertiary/aromatic N) is 1. The van der Waals surface area contributed by atoms with Gasteiger partial charge in [0.05, 0.1) is 13.2 Å². The summed E-state index contributed by atoms with van der Waals surface area (Å²) in [5.74, 6) is -0.0910. The van der Waals surface area contributed by atoms with Crippen molar-refractivity contribution >= 4 is 34.8 Å². The molecule has 2 N–H and O–H groups in total. The number of hydrogen-bond acceptors (Lipinski definition) is 5. The van der Waals surface area contributed by atoms with E-state index >= 15 is 0 Å². The molecule has 0 saturated carbocycles. The third-order valence-electron chi connectivity index (χ3n) is 2.79. The molecule has 5 nitrogen and oxygen atoms in total. The summed E-state index contributed by atoms with van der Waals surface area (Å²) < 4.78 is 4.90. The van der Waals surface area contributed by atoms with E-state index in [1.807, 2.05) is 24.4 Å². The van der Waals surface area contributed by atoms with Crippen LogP contribution in [0.1, 0.15) is 10.4 Å². The second kappa shape index (κ2) is 10.3. The Balaban J connectivity index is 0.00000242. The zero-order valence-electron chi connectivity index (χ0n) is 12.4. The number of rotatable bonds is 8. The second-order valence-electron chi connectivity index (χ2n) is 4.51. The van der Waals surface area contributed by atoms with E-state index < -0.39 is 0 Å². The lowest BCUT2D eigenvalue weighted by atomic mass is 10.1. The Labute approximate surface area is 140 Å². The highest BCUT2D eigenvalue weighted by Crippen LogP contribution is 2.20. The molecule has 0 fully saturated rings. The standard InChI is InChI=1S/C15H19N3O2S.ClH/c1-20-8-7-16-11-14(19)18-15-17-10-13(21-15)9-12-5-3-2-4-6-12;/h2-6,10,16H,7-9,11H2,1H3,(H,17,18,19);1H. The van der Waals surface area contributed by atoms with Gasteiger partial charge >= 0.3 is 0 Å². The van der Waals surface area contributed by atoms with Gasteiger partial charge in [0, 0.05) is 31.1 Å². The van der Waals surface area contributed by atoms with Crippen molar-refractivity contribution in [2.24, 2.45) is 0 Å². The van der Waals surface area contributed by atoms with Crippen LogP contribution >= 0.6 is 23.7 Å². The molecule has 0 aliphatic heterocycles. The van der Waals surface area contributed by atoms with Gasteiger partial charge in [-0.05, 0) is 5.56 Å². The van der Waals surface area contributed by atoms with Crippen molar-refractivity contribution in [1.82, 2.24) is 10.3 Å². The average molecular weight is 342 g/mol. The van der Waals surface area contributed by atoms with Crippen molar-refractivity contribution in [2.75, 3.05) is 32.1 Å². The molecule has 0 atom stereocenters. The molecule has 0 saturated heterocycles. The van der Waals surface area contributed by atoms with Crippen LogP contribution in [-0.2, 0) is 16.0 Å². The van der Waals surface area contributed by atoms with Crippen LogP contribution in [0.25, 0.3) is 0 Å². The monoisotopic (exact) mass is 341 g/mol. The average Bonchev–Trinajstić information content (AvgIpc) is 2.92. The van der Waals surface area contributed by atoms with E-state index in [0.717, 1.165) is 11.3 Å². The van der Waals surface area contributed by atoms with Crippen LogP contribution in [0, 0.1) is 0 Å². The van der Waals surface area contributed by atoms with Crippen LogP contribution in [-0.4, -0.2) is 37.7 Å². The number of carbonyl (C=O) groups is 1. The van der Waals surface area contributed by atoms with E-state index in [0.29, 0.717) is 18.3 Å². The van der Waals surface area contributed by atoms with Crippen LogP contribution in [0.4, 0.5) is 5.13 Å². The van der Waals surface area contributed by atoms with Crippen LogP contribution in [0.2, 0.25) is 0 Å². The molecule has 1 amide bonds. The molecule has 120 valence electrons. The first-order chi connectivity index (χ1) is 10.3. The maximum absolute atomic E-state index is 11.7. The van der Waals surface area contributed by atoms with E-state index in [4.69, 9.17) is 4.74 Å². The van der Waals surface area contributed by atoms with Crippen molar-refractivity contribution < 1.29 is 9.53 Å². The van der Waals surface area contributed by atoms with Gasteiger partial charge in [-0.2, -0.15) is 0 Å². The Bertz CT molecular complexity index is 563. The Morgan fingerprint density at radius 2 is 2.09 bits per heavy atom. The van der Waals surface area contributed by atoms with Gasteiger partial charge in [0.1, 0.15) is 0 Å². The minimum atomic E-state index is -0.0910. The Morgan fingerprint density at radius 1 is 1.32 bits per heavy atom. The van der Waals surface area contributed by atoms with E-state index in [9.17, 15) is 4.79 Å². The first kappa shape index (κ1) is 18.6. The predicted molar refractivity (Wildman–Crippen MR) is 92.0 cm³/mol. The van der Waals surface area contributed by atoms with Crippen molar-refractivity contribution in [3.05, 3.63) is 47.0 Å². The van der Waals surface area contributed by atoms with Crippen LogP contribution in [0.15, 0.2) is 36.5 Å². The molecular weight excluding hydrogens is 322 g/mol. The summed E-state index contributed by atoms with van der Waals surface area (Å²) in [6.07, 6.45) is 2.64. The highest BCUT2D eigenvalue weighted by atomic mass is 35.5. The largest absolute Gasteiger partial charge is 0.383 e. The molecule has 0 radical (unpaired) electrons. The number of methoxy groups -OCH3 is 1. The number of nitrogens with one attached hydrogen (secondary N) is 2. The molecule has 0 bridgehead atoms. The molecule has 0 aliphatic carbocycles. The Hall–Kier alpha value is -1.47. The topological polar surface area (TPSA) is 63.2 Å². The number of aromatic nitrogens is 1. The lowest BCUT2D eigenvalue weighted by molar-refractivity contribution is -0.115. The number of amides is 1. The molecule has 7 heteroatoms. The van der Waals surface area contributed by atoms with E-state index in [2.05, 4.69) is 27.8 Å². The smallest absolute Gasteiger partial charge is 0.240 e. The van der Waals surface area contributed by atoms with Crippen LogP contribution in [0.5, 0.6) is 0 Å². The molecule has 22 heavy (non-hydrogen) atoms. The highest BCUT2D eigenvalue weighted by Gasteiger charge is 2.06. The van der Waals surface area contributed by atoms with Gasteiger partial charge in [-0.15, -0.1) is 23.7 Å². The molecule has 2 rings (SSSR count). The first-order valence-corrected chi connectivity index (χ1v) is 7.57. The van der Waals surface area contributed by atoms with Gasteiger partial charge in [-0.1, -0.05) is 30.3 Å². The molecule has 1 heterocycles. The van der Waals surface area contributed by atoms with Crippen molar-refractivity contribution in [1.29, 1.82) is 0 Å². The predicted octanol–water partition coefficient (Wildman–Crippen LogP) is 2.33. The Kier molecular flexibility index (Phi) is 8.69. The SMILES string of the molecule is COCCNCC(=O)Nc1ncc(Cc2ccccc2)s1.Cl. The number of hydrogen-bond donors (Lipinski definition) is 2. The summed E-state index contributed by atoms with van der Waals surface area (Å²) in [4.78, 5) is 17.1. The third kappa shape index (κ3) is 6.53. The minimum absolute atomic E-state index is 0. The van der Waals surface area contributed by atoms with Gasteiger partial charge in [0.2, 0.25) is 5.91 Å². The number of anilines is 1. The van der Waals surface area contributed by atoms with Gasteiger partial charge in [-0.25, -0.2) is 4.98 Å². The lowest BCUT2D eigenvalue weighted by Gasteiger charge is -2.03. The molecule has 0 aliphatic rings. The summed E-state index contributed by atoms with van der Waals surface area (Å²) in [5.41, 5.74) is 1.24. The van der Waals surface area contributed by atoms with Crippen molar-refractivity contribution in [3.8, 4) is 0 Å². The van der Waals surface area contributed by atoms with Gasteiger partial charge in [-0.3, -0.25) is 4.79 Å². The fourth-order valence-electron chi connectivity index (χ4n) is 1.78. The Morgan fingerprint density at radius 3 is 2.82 bits per heavy atom. The zero-order valence-corrected chi connectivity index (χ0v) is 14.0. The lowest BCUT2D eigenvalue weighted by Crippen LogP contribution is -2.30. The number of thiazole rings is 1. The highest BCUT2D eigenvalue weighted by molar-refractivity contribution is 7.15. The maximum Gasteiger partial charge on any atom is 0.240 e. The van der Waals surface area contributed by atoms with E-state index in [1.165, 1.54) is 16.9 Å². The van der Waals surface area contributed by atoms with Gasteiger partial charge in [0.25, 0.3) is 0 Å². The molecule has 0 unspecified atom stereocenters. The molecule has 0 spiro atoms. The molecule has 1 aromatic carbocycles. The fraction of sp³-hybridized carbons (Fsp3) is 0.333. The second-order valence-corrected chi connectivity index (χ2v) is 5.63. The third-order valence-corrected chi connectivity index (χ3v) is 3.70. The van der Waals surface area contributed by atoms with Crippen LogP contribution in [0.3, 0.4) is 0 Å². The fourth-order valence-corrected chi connectivity index (χ4v) is 2.65. The summed E-state index contributed by atoms with van der Waals surface area (Å²) >= 11 is 1.50. The normalized spacial score (nSPS) is 10.0. The number of ether oxygens (including phenoxy) is 1. The summed E-state index contributed by atoms with van der Waals surface area (Å²) in [6, 6.07) is 10.2. The summed E-state index contributed by atoms with van der Waals surface area (Å²) in [5, 5.41) is 6.42. The maximum atomic E-state index is 11.7. The number of carbonyl (C=O) groups excluding carboxylic acids is 1. The van der Waals surface area contributed by atoms with Crippen LogP contribution < -0.4 is 10.6 Å². The van der Waals surface area contributed by atoms with E-state index in [1.54, 1.807) is 7.11 Å². The van der Waals surface area contributed by atoms with Gasteiger partial charge in [0.15, 0.2) is 5.13 Å². The van der Waals surface area contributed by atoms with Crippen molar-refractivity contribution in [3.63, 3.8) is 0 Å². The van der Waals surface area contributed by atoms with E-state index in [-0.39, 0.29) is 24.9 Å². The minimum Gasteiger partial charge on any atom is -0.383 e. The quantitative estimate of drug-likeness (QED) is 0.723. The molecule has 2 aromatic rings. The molecule has 1 aromatic heterocycles. The number of benzene rings is 1. The van der Waals surface area contributed by atoms with Gasteiger partial charge < -0.3 is 15.4 Å².